The van der Waals surface area contributed by atoms with Crippen LogP contribution in [0.15, 0.2) is 6.07 Å². The van der Waals surface area contributed by atoms with E-state index in [0.717, 1.165) is 28.1 Å². The molecule has 0 fully saturated rings. The number of ether oxygens (including phenoxy) is 1. The minimum absolute atomic E-state index is 0. The number of benzene rings is 1. The molecule has 3 aliphatic heterocycles. The van der Waals surface area contributed by atoms with Crippen LogP contribution in [0.2, 0.25) is 0 Å². The topological polar surface area (TPSA) is 81.7 Å². The number of carbonyl (C=O) groups is 1. The Labute approximate surface area is 129 Å². The Morgan fingerprint density at radius 3 is 2.91 bits per heavy atom. The molecule has 1 aromatic carbocycles. The van der Waals surface area contributed by atoms with Gasteiger partial charge in [-0.25, -0.2) is 0 Å². The van der Waals surface area contributed by atoms with Crippen LogP contribution >= 0.6 is 0 Å². The predicted octanol–water partition coefficient (Wildman–Crippen LogP) is 1.72. The Bertz CT molecular complexity index is 756. The van der Waals surface area contributed by atoms with Crippen LogP contribution < -0.4 is 10.1 Å². The molecular formula is C15H19NO5S. The first-order chi connectivity index (χ1) is 9.94. The van der Waals surface area contributed by atoms with E-state index in [2.05, 4.69) is 5.32 Å². The first-order valence-electron chi connectivity index (χ1n) is 6.95. The van der Waals surface area contributed by atoms with Crippen molar-refractivity contribution in [1.82, 2.24) is 0 Å². The first-order valence-corrected chi connectivity index (χ1v) is 8.53. The fraction of sp³-hybridized carbons (Fsp3) is 0.533. The molecule has 1 N–H and O–H groups in total. The van der Waals surface area contributed by atoms with E-state index < -0.39 is 16.0 Å². The zero-order chi connectivity index (χ0) is 14.8. The van der Waals surface area contributed by atoms with Gasteiger partial charge in [0.15, 0.2) is 0 Å². The number of anilines is 1. The maximum Gasteiger partial charge on any atom is 0.267 e. The molecule has 0 radical (unpaired) electrons. The summed E-state index contributed by atoms with van der Waals surface area (Å²) in [6.07, 6.45) is 0.514. The van der Waals surface area contributed by atoms with E-state index in [4.69, 9.17) is 8.92 Å². The summed E-state index contributed by atoms with van der Waals surface area (Å²) in [6.45, 7) is 1.97. The molecule has 1 aromatic rings. The fourth-order valence-corrected chi connectivity index (χ4v) is 4.35. The number of carbonyl (C=O) groups excluding carboxylic acids is 1. The second kappa shape index (κ2) is 4.96. The Morgan fingerprint density at radius 2 is 2.14 bits per heavy atom. The van der Waals surface area contributed by atoms with Crippen LogP contribution in [0.25, 0.3) is 0 Å². The second-order valence-corrected chi connectivity index (χ2v) is 7.55. The third-order valence-electron chi connectivity index (χ3n) is 4.33. The number of hydrogen-bond donors (Lipinski definition) is 1. The Morgan fingerprint density at radius 1 is 1.36 bits per heavy atom. The summed E-state index contributed by atoms with van der Waals surface area (Å²) in [6, 6.07) is 2.00. The lowest BCUT2D eigenvalue weighted by atomic mass is 9.92. The molecule has 1 amide bonds. The molecule has 3 heterocycles. The average Bonchev–Trinajstić information content (AvgIpc) is 2.95. The third-order valence-corrected chi connectivity index (χ3v) is 5.56. The van der Waals surface area contributed by atoms with Crippen LogP contribution in [-0.4, -0.2) is 32.8 Å². The van der Waals surface area contributed by atoms with Crippen molar-refractivity contribution in [1.29, 1.82) is 0 Å². The van der Waals surface area contributed by atoms with E-state index in [-0.39, 0.29) is 38.2 Å². The second-order valence-electron chi connectivity index (χ2n) is 5.79. The standard InChI is InChI=1S/C14H15NO5S.CH4/c1-7-4-8-5-9-6-19-21(17,18)3-2-10-11(13(8)20-9)12(7)15-14(10)16;/h4,9-10H,2-3,5-6H2,1H3,(H,15,16);1H4. The minimum atomic E-state index is -3.61. The average molecular weight is 325 g/mol. The molecule has 2 atom stereocenters. The lowest BCUT2D eigenvalue weighted by Crippen LogP contribution is -2.26. The van der Waals surface area contributed by atoms with Crippen molar-refractivity contribution in [3.05, 3.63) is 22.8 Å². The number of aryl methyl sites for hydroxylation is 1. The third kappa shape index (κ3) is 2.19. The number of hydrogen-bond acceptors (Lipinski definition) is 5. The van der Waals surface area contributed by atoms with Gasteiger partial charge < -0.3 is 10.1 Å². The fourth-order valence-electron chi connectivity index (χ4n) is 3.35. The van der Waals surface area contributed by atoms with Crippen molar-refractivity contribution < 1.29 is 22.1 Å². The van der Waals surface area contributed by atoms with Crippen molar-refractivity contribution in [2.75, 3.05) is 17.7 Å². The van der Waals surface area contributed by atoms with Gasteiger partial charge in [-0.1, -0.05) is 13.5 Å². The highest BCUT2D eigenvalue weighted by atomic mass is 32.2. The van der Waals surface area contributed by atoms with E-state index in [1.54, 1.807) is 0 Å². The highest BCUT2D eigenvalue weighted by Crippen LogP contribution is 2.48. The predicted molar refractivity (Wildman–Crippen MR) is 81.8 cm³/mol. The number of nitrogens with one attached hydrogen (secondary N) is 1. The van der Waals surface area contributed by atoms with Crippen LogP contribution in [0.3, 0.4) is 0 Å². The van der Waals surface area contributed by atoms with E-state index in [0.29, 0.717) is 6.42 Å². The van der Waals surface area contributed by atoms with E-state index >= 15 is 0 Å². The zero-order valence-corrected chi connectivity index (χ0v) is 12.3. The van der Waals surface area contributed by atoms with Crippen molar-refractivity contribution in [2.45, 2.75) is 39.2 Å². The molecule has 3 aliphatic rings. The molecule has 22 heavy (non-hydrogen) atoms. The first kappa shape index (κ1) is 15.3. The smallest absolute Gasteiger partial charge is 0.267 e. The highest BCUT2D eigenvalue weighted by molar-refractivity contribution is 7.86. The minimum Gasteiger partial charge on any atom is -0.487 e. The monoisotopic (exact) mass is 325 g/mol. The van der Waals surface area contributed by atoms with Crippen LogP contribution in [0.5, 0.6) is 5.75 Å². The van der Waals surface area contributed by atoms with Gasteiger partial charge in [0.1, 0.15) is 18.5 Å². The molecule has 2 bridgehead atoms. The van der Waals surface area contributed by atoms with Crippen molar-refractivity contribution in [3.8, 4) is 5.75 Å². The maximum atomic E-state index is 12.2. The normalized spacial score (nSPS) is 27.6. The molecule has 2 unspecified atom stereocenters. The molecule has 0 spiro atoms. The van der Waals surface area contributed by atoms with Gasteiger partial charge in [0.2, 0.25) is 5.91 Å². The van der Waals surface area contributed by atoms with Crippen LogP contribution in [0.1, 0.15) is 36.5 Å². The van der Waals surface area contributed by atoms with Crippen molar-refractivity contribution in [2.24, 2.45) is 0 Å². The molecular weight excluding hydrogens is 306 g/mol. The van der Waals surface area contributed by atoms with E-state index in [1.807, 2.05) is 13.0 Å². The summed E-state index contributed by atoms with van der Waals surface area (Å²) < 4.78 is 34.6. The van der Waals surface area contributed by atoms with Gasteiger partial charge in [-0.05, 0) is 24.5 Å². The lowest BCUT2D eigenvalue weighted by Gasteiger charge is -2.17. The molecule has 7 heteroatoms. The van der Waals surface area contributed by atoms with Crippen LogP contribution in [0, 0.1) is 6.92 Å². The Balaban J connectivity index is 0.00000144. The summed E-state index contributed by atoms with van der Waals surface area (Å²) in [5, 5.41) is 2.86. The van der Waals surface area contributed by atoms with Crippen molar-refractivity contribution in [3.63, 3.8) is 0 Å². The van der Waals surface area contributed by atoms with Gasteiger partial charge in [-0.3, -0.25) is 8.98 Å². The van der Waals surface area contributed by atoms with Gasteiger partial charge >= 0.3 is 0 Å². The van der Waals surface area contributed by atoms with Gasteiger partial charge in [0.25, 0.3) is 10.1 Å². The SMILES string of the molecule is C.Cc1cc2c3c4c1NC(=O)C4CCS(=O)(=O)OCC(C2)O3. The quantitative estimate of drug-likeness (QED) is 0.735. The van der Waals surface area contributed by atoms with Gasteiger partial charge in [0.05, 0.1) is 17.4 Å². The van der Waals surface area contributed by atoms with Crippen LogP contribution in [0.4, 0.5) is 5.69 Å². The Hall–Kier alpha value is -1.60. The molecule has 4 rings (SSSR count). The van der Waals surface area contributed by atoms with Gasteiger partial charge in [0, 0.05) is 12.0 Å². The van der Waals surface area contributed by atoms with E-state index in [1.165, 1.54) is 0 Å². The van der Waals surface area contributed by atoms with Crippen molar-refractivity contribution >= 4 is 21.7 Å². The van der Waals surface area contributed by atoms with Crippen LogP contribution in [-0.2, 0) is 25.5 Å². The summed E-state index contributed by atoms with van der Waals surface area (Å²) in [5.41, 5.74) is 3.63. The lowest BCUT2D eigenvalue weighted by molar-refractivity contribution is -0.117. The number of amides is 1. The Kier molecular flexibility index (Phi) is 3.45. The zero-order valence-electron chi connectivity index (χ0n) is 11.5. The molecule has 0 saturated heterocycles. The molecule has 120 valence electrons. The summed E-state index contributed by atoms with van der Waals surface area (Å²) in [4.78, 5) is 12.2. The maximum absolute atomic E-state index is 12.2. The molecule has 6 nitrogen and oxygen atoms in total. The molecule has 0 saturated carbocycles. The van der Waals surface area contributed by atoms with Gasteiger partial charge in [-0.2, -0.15) is 8.42 Å². The highest BCUT2D eigenvalue weighted by Gasteiger charge is 2.40. The molecule has 0 aromatic heterocycles. The summed E-state index contributed by atoms with van der Waals surface area (Å²) in [5.74, 6) is -0.0556. The number of rotatable bonds is 0. The summed E-state index contributed by atoms with van der Waals surface area (Å²) in [7, 11) is -3.61. The van der Waals surface area contributed by atoms with E-state index in [9.17, 15) is 13.2 Å². The summed E-state index contributed by atoms with van der Waals surface area (Å²) >= 11 is 0. The molecule has 0 aliphatic carbocycles. The van der Waals surface area contributed by atoms with Gasteiger partial charge in [-0.15, -0.1) is 0 Å². The number of fused-ring (bicyclic) bond motifs is 1. The largest absolute Gasteiger partial charge is 0.487 e.